The van der Waals surface area contributed by atoms with E-state index in [2.05, 4.69) is 0 Å². The van der Waals surface area contributed by atoms with Gasteiger partial charge in [0.2, 0.25) is 0 Å². The zero-order chi connectivity index (χ0) is 23.3. The number of nitrogens with zero attached hydrogens (tertiary/aromatic N) is 1. The summed E-state index contributed by atoms with van der Waals surface area (Å²) in [5, 5.41) is 0.00760. The van der Waals surface area contributed by atoms with Crippen molar-refractivity contribution in [1.29, 1.82) is 0 Å². The minimum absolute atomic E-state index is 0.00760. The van der Waals surface area contributed by atoms with Crippen molar-refractivity contribution in [3.63, 3.8) is 0 Å². The van der Waals surface area contributed by atoms with E-state index >= 15 is 0 Å². The number of hydrogen-bond acceptors (Lipinski definition) is 6. The van der Waals surface area contributed by atoms with Gasteiger partial charge in [0, 0.05) is 12.6 Å². The molecular weight excluding hydrogens is 454 g/mol. The minimum atomic E-state index is -3.96. The van der Waals surface area contributed by atoms with Gasteiger partial charge in [-0.05, 0) is 54.6 Å². The van der Waals surface area contributed by atoms with Gasteiger partial charge in [-0.3, -0.25) is 9.10 Å². The van der Waals surface area contributed by atoms with Gasteiger partial charge in [0.25, 0.3) is 10.0 Å². The van der Waals surface area contributed by atoms with Crippen LogP contribution in [0.5, 0.6) is 5.75 Å². The van der Waals surface area contributed by atoms with E-state index in [1.807, 2.05) is 0 Å². The maximum Gasteiger partial charge on any atom is 0.340 e. The Labute approximate surface area is 191 Å². The van der Waals surface area contributed by atoms with Crippen molar-refractivity contribution in [2.75, 3.05) is 25.1 Å². The molecule has 0 amide bonds. The molecule has 0 saturated carbocycles. The average molecular weight is 474 g/mol. The SMILES string of the molecule is COc1ccc(C(=O)COC(=O)c2cc(S(=O)(=O)N(C)c3ccccc3)ccc2Cl)cc1. The molecule has 3 aromatic carbocycles. The maximum atomic E-state index is 13.0. The van der Waals surface area contributed by atoms with Crippen LogP contribution in [0.15, 0.2) is 77.7 Å². The van der Waals surface area contributed by atoms with Gasteiger partial charge in [-0.2, -0.15) is 0 Å². The topological polar surface area (TPSA) is 90.0 Å². The molecule has 0 aliphatic rings. The van der Waals surface area contributed by atoms with E-state index in [0.29, 0.717) is 17.0 Å². The third-order valence-corrected chi connectivity index (χ3v) is 6.79. The van der Waals surface area contributed by atoms with Crippen LogP contribution in [0.1, 0.15) is 20.7 Å². The molecule has 32 heavy (non-hydrogen) atoms. The number of methoxy groups -OCH3 is 1. The Hall–Kier alpha value is -3.36. The monoisotopic (exact) mass is 473 g/mol. The Bertz CT molecular complexity index is 1230. The number of benzene rings is 3. The van der Waals surface area contributed by atoms with Crippen molar-refractivity contribution in [2.45, 2.75) is 4.90 Å². The number of hydrogen-bond donors (Lipinski definition) is 0. The third-order valence-electron chi connectivity index (χ3n) is 4.68. The lowest BCUT2D eigenvalue weighted by atomic mass is 10.1. The first-order chi connectivity index (χ1) is 15.2. The number of para-hydroxylation sites is 1. The van der Waals surface area contributed by atoms with E-state index in [-0.39, 0.29) is 15.5 Å². The fourth-order valence-corrected chi connectivity index (χ4v) is 4.24. The highest BCUT2D eigenvalue weighted by atomic mass is 35.5. The molecule has 9 heteroatoms. The van der Waals surface area contributed by atoms with Gasteiger partial charge in [0.15, 0.2) is 12.4 Å². The number of ketones is 1. The lowest BCUT2D eigenvalue weighted by Gasteiger charge is -2.20. The van der Waals surface area contributed by atoms with Crippen molar-refractivity contribution < 1.29 is 27.5 Å². The van der Waals surface area contributed by atoms with Gasteiger partial charge in [-0.15, -0.1) is 0 Å². The maximum absolute atomic E-state index is 13.0. The molecule has 0 unspecified atom stereocenters. The highest BCUT2D eigenvalue weighted by Gasteiger charge is 2.24. The molecule has 0 N–H and O–H groups in total. The molecule has 0 atom stereocenters. The van der Waals surface area contributed by atoms with E-state index in [4.69, 9.17) is 21.1 Å². The molecule has 0 bridgehead atoms. The number of Topliss-reactive ketones (excluding diaryl/α,β-unsaturated/α-hetero) is 1. The molecular formula is C23H20ClNO6S. The van der Waals surface area contributed by atoms with Crippen LogP contribution in [0.4, 0.5) is 5.69 Å². The van der Waals surface area contributed by atoms with Crippen LogP contribution in [-0.2, 0) is 14.8 Å². The number of rotatable bonds is 8. The lowest BCUT2D eigenvalue weighted by molar-refractivity contribution is 0.0474. The van der Waals surface area contributed by atoms with Crippen molar-refractivity contribution in [2.24, 2.45) is 0 Å². The standard InChI is InChI=1S/C23H20ClNO6S/c1-25(17-6-4-3-5-7-17)32(28,29)19-12-13-21(24)20(14-19)23(27)31-15-22(26)16-8-10-18(30-2)11-9-16/h3-14H,15H2,1-2H3. The highest BCUT2D eigenvalue weighted by molar-refractivity contribution is 7.92. The summed E-state index contributed by atoms with van der Waals surface area (Å²) < 4.78 is 37.2. The van der Waals surface area contributed by atoms with Crippen molar-refractivity contribution >= 4 is 39.1 Å². The zero-order valence-electron chi connectivity index (χ0n) is 17.3. The molecule has 0 heterocycles. The third kappa shape index (κ3) is 5.09. The Balaban J connectivity index is 1.77. The van der Waals surface area contributed by atoms with Crippen LogP contribution in [-0.4, -0.2) is 40.9 Å². The summed E-state index contributed by atoms with van der Waals surface area (Å²) in [6.45, 7) is -0.525. The van der Waals surface area contributed by atoms with E-state index in [0.717, 1.165) is 10.4 Å². The molecule has 0 spiro atoms. The summed E-state index contributed by atoms with van der Waals surface area (Å²) in [5.41, 5.74) is 0.638. The molecule has 3 aromatic rings. The van der Waals surface area contributed by atoms with Gasteiger partial charge in [-0.1, -0.05) is 29.8 Å². The predicted octanol–water partition coefficient (Wildman–Crippen LogP) is 4.21. The molecule has 0 radical (unpaired) electrons. The molecule has 0 aliphatic heterocycles. The molecule has 0 saturated heterocycles. The second-order valence-electron chi connectivity index (χ2n) is 6.68. The highest BCUT2D eigenvalue weighted by Crippen LogP contribution is 2.26. The first-order valence-electron chi connectivity index (χ1n) is 9.42. The average Bonchev–Trinajstić information content (AvgIpc) is 2.82. The normalized spacial score (nSPS) is 11.0. The van der Waals surface area contributed by atoms with Crippen LogP contribution in [0.25, 0.3) is 0 Å². The quantitative estimate of drug-likeness (QED) is 0.359. The first-order valence-corrected chi connectivity index (χ1v) is 11.2. The molecule has 7 nitrogen and oxygen atoms in total. The fraction of sp³-hybridized carbons (Fsp3) is 0.130. The zero-order valence-corrected chi connectivity index (χ0v) is 18.9. The van der Waals surface area contributed by atoms with E-state index in [1.54, 1.807) is 54.6 Å². The van der Waals surface area contributed by atoms with Crippen LogP contribution < -0.4 is 9.04 Å². The fourth-order valence-electron chi connectivity index (χ4n) is 2.83. The molecule has 0 aliphatic carbocycles. The predicted molar refractivity (Wildman–Crippen MR) is 121 cm³/mol. The second kappa shape index (κ2) is 9.84. The number of carbonyl (C=O) groups is 2. The lowest BCUT2D eigenvalue weighted by Crippen LogP contribution is -2.26. The van der Waals surface area contributed by atoms with Gasteiger partial charge in [0.05, 0.1) is 28.3 Å². The molecule has 0 fully saturated rings. The number of ether oxygens (including phenoxy) is 2. The summed E-state index contributed by atoms with van der Waals surface area (Å²) >= 11 is 6.10. The smallest absolute Gasteiger partial charge is 0.340 e. The van der Waals surface area contributed by atoms with Gasteiger partial charge in [-0.25, -0.2) is 13.2 Å². The van der Waals surface area contributed by atoms with Crippen molar-refractivity contribution in [1.82, 2.24) is 0 Å². The molecule has 3 rings (SSSR count). The van der Waals surface area contributed by atoms with Gasteiger partial charge < -0.3 is 9.47 Å². The first kappa shape index (κ1) is 23.3. The van der Waals surface area contributed by atoms with Crippen LogP contribution in [0, 0.1) is 0 Å². The van der Waals surface area contributed by atoms with Crippen LogP contribution in [0.2, 0.25) is 5.02 Å². The molecule has 0 aromatic heterocycles. The van der Waals surface area contributed by atoms with Gasteiger partial charge >= 0.3 is 5.97 Å². The summed E-state index contributed by atoms with van der Waals surface area (Å²) in [7, 11) is -1.04. The molecule has 166 valence electrons. The largest absolute Gasteiger partial charge is 0.497 e. The second-order valence-corrected chi connectivity index (χ2v) is 9.05. The van der Waals surface area contributed by atoms with E-state index in [1.165, 1.54) is 26.3 Å². The summed E-state index contributed by atoms with van der Waals surface area (Å²) in [6, 6.07) is 18.6. The Morgan fingerprint density at radius 2 is 1.62 bits per heavy atom. The number of sulfonamides is 1. The van der Waals surface area contributed by atoms with Gasteiger partial charge in [0.1, 0.15) is 5.75 Å². The number of esters is 1. The number of carbonyl (C=O) groups excluding carboxylic acids is 2. The van der Waals surface area contributed by atoms with Crippen molar-refractivity contribution in [3.8, 4) is 5.75 Å². The Morgan fingerprint density at radius 3 is 2.25 bits per heavy atom. The van der Waals surface area contributed by atoms with Crippen LogP contribution in [0.3, 0.4) is 0 Å². The number of anilines is 1. The Morgan fingerprint density at radius 1 is 0.969 bits per heavy atom. The summed E-state index contributed by atoms with van der Waals surface area (Å²) in [6.07, 6.45) is 0. The summed E-state index contributed by atoms with van der Waals surface area (Å²) in [5.74, 6) is -0.746. The Kier molecular flexibility index (Phi) is 7.17. The van der Waals surface area contributed by atoms with Crippen molar-refractivity contribution in [3.05, 3.63) is 88.9 Å². The number of halogens is 1. The minimum Gasteiger partial charge on any atom is -0.497 e. The van der Waals surface area contributed by atoms with E-state index < -0.39 is 28.4 Å². The van der Waals surface area contributed by atoms with Crippen LogP contribution >= 0.6 is 11.6 Å². The summed E-state index contributed by atoms with van der Waals surface area (Å²) in [4.78, 5) is 24.7. The van der Waals surface area contributed by atoms with E-state index in [9.17, 15) is 18.0 Å².